The molecule has 1 aromatic heterocycles. The standard InChI is InChI=1S/C16H18N2O2/c1-13-12-16(6-5-14(13)4-3-10-19)20-11-8-15-7-9-17-18(15)2/h5-7,9,12,19H,8,10-11H2,1-2H3. The molecule has 0 atom stereocenters. The number of aromatic nitrogens is 2. The Kier molecular flexibility index (Phi) is 4.80. The fourth-order valence-corrected chi connectivity index (χ4v) is 1.92. The molecule has 104 valence electrons. The van der Waals surface area contributed by atoms with Crippen LogP contribution < -0.4 is 4.74 Å². The molecule has 1 aromatic carbocycles. The van der Waals surface area contributed by atoms with Crippen molar-refractivity contribution >= 4 is 0 Å². The molecule has 4 heteroatoms. The van der Waals surface area contributed by atoms with Gasteiger partial charge in [-0.05, 0) is 36.8 Å². The Morgan fingerprint density at radius 3 is 2.85 bits per heavy atom. The van der Waals surface area contributed by atoms with Gasteiger partial charge >= 0.3 is 0 Å². The minimum atomic E-state index is -0.123. The number of aliphatic hydroxyl groups is 1. The van der Waals surface area contributed by atoms with Crippen molar-refractivity contribution in [3.63, 3.8) is 0 Å². The average molecular weight is 270 g/mol. The van der Waals surface area contributed by atoms with E-state index in [-0.39, 0.29) is 6.61 Å². The zero-order valence-electron chi connectivity index (χ0n) is 11.8. The van der Waals surface area contributed by atoms with E-state index in [1.165, 1.54) is 0 Å². The Hall–Kier alpha value is -2.25. The van der Waals surface area contributed by atoms with Crippen molar-refractivity contribution in [1.29, 1.82) is 0 Å². The molecule has 0 aliphatic carbocycles. The molecule has 0 radical (unpaired) electrons. The lowest BCUT2D eigenvalue weighted by atomic mass is 10.1. The number of benzene rings is 1. The van der Waals surface area contributed by atoms with Crippen molar-refractivity contribution in [3.05, 3.63) is 47.3 Å². The van der Waals surface area contributed by atoms with Crippen LogP contribution in [0.2, 0.25) is 0 Å². The molecule has 0 amide bonds. The molecular weight excluding hydrogens is 252 g/mol. The summed E-state index contributed by atoms with van der Waals surface area (Å²) in [6, 6.07) is 7.77. The molecule has 0 saturated carbocycles. The second-order valence-electron chi connectivity index (χ2n) is 4.48. The van der Waals surface area contributed by atoms with Crippen LogP contribution >= 0.6 is 0 Å². The van der Waals surface area contributed by atoms with E-state index in [1.54, 1.807) is 6.20 Å². The third-order valence-electron chi connectivity index (χ3n) is 3.05. The molecule has 1 heterocycles. The second kappa shape index (κ2) is 6.78. The van der Waals surface area contributed by atoms with E-state index in [9.17, 15) is 0 Å². The van der Waals surface area contributed by atoms with Gasteiger partial charge in [-0.2, -0.15) is 5.10 Å². The van der Waals surface area contributed by atoms with Crippen LogP contribution in [-0.2, 0) is 13.5 Å². The highest BCUT2D eigenvalue weighted by Gasteiger charge is 2.01. The van der Waals surface area contributed by atoms with E-state index >= 15 is 0 Å². The average Bonchev–Trinajstić information content (AvgIpc) is 2.84. The van der Waals surface area contributed by atoms with E-state index in [4.69, 9.17) is 9.84 Å². The summed E-state index contributed by atoms with van der Waals surface area (Å²) in [4.78, 5) is 0. The largest absolute Gasteiger partial charge is 0.493 e. The van der Waals surface area contributed by atoms with Gasteiger partial charge in [0.1, 0.15) is 12.4 Å². The van der Waals surface area contributed by atoms with Gasteiger partial charge in [-0.1, -0.05) is 11.8 Å². The number of rotatable bonds is 4. The van der Waals surface area contributed by atoms with E-state index in [0.717, 1.165) is 29.0 Å². The van der Waals surface area contributed by atoms with Gasteiger partial charge in [-0.25, -0.2) is 0 Å². The van der Waals surface area contributed by atoms with E-state index < -0.39 is 0 Å². The van der Waals surface area contributed by atoms with Crippen LogP contribution in [-0.4, -0.2) is 28.1 Å². The first kappa shape index (κ1) is 14.2. The Balaban J connectivity index is 1.94. The summed E-state index contributed by atoms with van der Waals surface area (Å²) in [5, 5.41) is 12.8. The maximum absolute atomic E-state index is 8.70. The second-order valence-corrected chi connectivity index (χ2v) is 4.48. The first-order valence-corrected chi connectivity index (χ1v) is 6.51. The van der Waals surface area contributed by atoms with Crippen molar-refractivity contribution in [2.45, 2.75) is 13.3 Å². The van der Waals surface area contributed by atoms with Crippen molar-refractivity contribution in [3.8, 4) is 17.6 Å². The van der Waals surface area contributed by atoms with Crippen LogP contribution in [0.15, 0.2) is 30.5 Å². The lowest BCUT2D eigenvalue weighted by Gasteiger charge is -2.08. The van der Waals surface area contributed by atoms with Crippen LogP contribution in [0.5, 0.6) is 5.75 Å². The summed E-state index contributed by atoms with van der Waals surface area (Å²) in [6.45, 7) is 2.47. The molecule has 4 nitrogen and oxygen atoms in total. The molecule has 1 N–H and O–H groups in total. The summed E-state index contributed by atoms with van der Waals surface area (Å²) < 4.78 is 7.59. The van der Waals surface area contributed by atoms with Gasteiger partial charge in [0.2, 0.25) is 0 Å². The predicted molar refractivity (Wildman–Crippen MR) is 77.5 cm³/mol. The van der Waals surface area contributed by atoms with Gasteiger partial charge in [-0.15, -0.1) is 0 Å². The SMILES string of the molecule is Cc1cc(OCCc2ccnn2C)ccc1C#CCO. The molecule has 0 spiro atoms. The maximum Gasteiger partial charge on any atom is 0.119 e. The van der Waals surface area contributed by atoms with E-state index in [0.29, 0.717) is 6.61 Å². The highest BCUT2D eigenvalue weighted by atomic mass is 16.5. The van der Waals surface area contributed by atoms with Crippen LogP contribution in [0.1, 0.15) is 16.8 Å². The minimum absolute atomic E-state index is 0.123. The highest BCUT2D eigenvalue weighted by Crippen LogP contribution is 2.17. The number of ether oxygens (including phenoxy) is 1. The van der Waals surface area contributed by atoms with Crippen LogP contribution in [0, 0.1) is 18.8 Å². The van der Waals surface area contributed by atoms with Crippen molar-refractivity contribution in [2.75, 3.05) is 13.2 Å². The van der Waals surface area contributed by atoms with Gasteiger partial charge in [0.15, 0.2) is 0 Å². The van der Waals surface area contributed by atoms with Gasteiger partial charge in [-0.3, -0.25) is 4.68 Å². The monoisotopic (exact) mass is 270 g/mol. The summed E-state index contributed by atoms with van der Waals surface area (Å²) in [6.07, 6.45) is 2.61. The first-order chi connectivity index (χ1) is 9.70. The summed E-state index contributed by atoms with van der Waals surface area (Å²) in [5.74, 6) is 6.39. The van der Waals surface area contributed by atoms with Gasteiger partial charge < -0.3 is 9.84 Å². The lowest BCUT2D eigenvalue weighted by Crippen LogP contribution is -2.06. The minimum Gasteiger partial charge on any atom is -0.493 e. The normalized spacial score (nSPS) is 9.95. The topological polar surface area (TPSA) is 47.3 Å². The number of hydrogen-bond acceptors (Lipinski definition) is 3. The third-order valence-corrected chi connectivity index (χ3v) is 3.05. The fourth-order valence-electron chi connectivity index (χ4n) is 1.92. The van der Waals surface area contributed by atoms with Crippen molar-refractivity contribution in [1.82, 2.24) is 9.78 Å². The van der Waals surface area contributed by atoms with Crippen LogP contribution in [0.3, 0.4) is 0 Å². The number of hydrogen-bond donors (Lipinski definition) is 1. The molecule has 0 unspecified atom stereocenters. The molecule has 0 aliphatic rings. The van der Waals surface area contributed by atoms with Gasteiger partial charge in [0, 0.05) is 30.9 Å². The third kappa shape index (κ3) is 3.62. The van der Waals surface area contributed by atoms with Crippen molar-refractivity contribution < 1.29 is 9.84 Å². The molecule has 20 heavy (non-hydrogen) atoms. The van der Waals surface area contributed by atoms with Gasteiger partial charge in [0.05, 0.1) is 6.61 Å². The smallest absolute Gasteiger partial charge is 0.119 e. The number of nitrogens with zero attached hydrogens (tertiary/aromatic N) is 2. The molecule has 0 aliphatic heterocycles. The quantitative estimate of drug-likeness (QED) is 0.860. The first-order valence-electron chi connectivity index (χ1n) is 6.51. The maximum atomic E-state index is 8.70. The zero-order valence-corrected chi connectivity index (χ0v) is 11.8. The van der Waals surface area contributed by atoms with E-state index in [1.807, 2.05) is 42.9 Å². The molecule has 0 bridgehead atoms. The summed E-state index contributed by atoms with van der Waals surface area (Å²) in [7, 11) is 1.92. The lowest BCUT2D eigenvalue weighted by molar-refractivity contribution is 0.318. The van der Waals surface area contributed by atoms with Gasteiger partial charge in [0.25, 0.3) is 0 Å². The molecular formula is C16H18N2O2. The molecule has 2 rings (SSSR count). The highest BCUT2D eigenvalue weighted by molar-refractivity contribution is 5.44. The fraction of sp³-hybridized carbons (Fsp3) is 0.312. The summed E-state index contributed by atoms with van der Waals surface area (Å²) >= 11 is 0. The van der Waals surface area contributed by atoms with Crippen molar-refractivity contribution in [2.24, 2.45) is 7.05 Å². The number of aryl methyl sites for hydroxylation is 2. The summed E-state index contributed by atoms with van der Waals surface area (Å²) in [5.41, 5.74) is 3.11. The molecule has 0 fully saturated rings. The molecule has 0 saturated heterocycles. The Morgan fingerprint density at radius 2 is 2.20 bits per heavy atom. The Bertz CT molecular complexity index is 635. The van der Waals surface area contributed by atoms with Crippen LogP contribution in [0.4, 0.5) is 0 Å². The Labute approximate surface area is 119 Å². The number of aliphatic hydroxyl groups excluding tert-OH is 1. The Morgan fingerprint density at radius 1 is 1.35 bits per heavy atom. The zero-order chi connectivity index (χ0) is 14.4. The molecule has 2 aromatic rings. The predicted octanol–water partition coefficient (Wildman–Crippen LogP) is 1.69. The van der Waals surface area contributed by atoms with E-state index in [2.05, 4.69) is 16.9 Å². The van der Waals surface area contributed by atoms with Crippen LogP contribution in [0.25, 0.3) is 0 Å².